The van der Waals surface area contributed by atoms with E-state index in [1.54, 1.807) is 0 Å². The highest BCUT2D eigenvalue weighted by Gasteiger charge is 2.82. The summed E-state index contributed by atoms with van der Waals surface area (Å²) in [6, 6.07) is 0. The van der Waals surface area contributed by atoms with Crippen molar-refractivity contribution in [2.24, 2.45) is 5.41 Å². The van der Waals surface area contributed by atoms with E-state index in [9.17, 15) is 9.90 Å². The van der Waals surface area contributed by atoms with Crippen LogP contribution in [0.5, 0.6) is 0 Å². The minimum absolute atomic E-state index is 0.0125. The first-order valence-corrected chi connectivity index (χ1v) is 5.68. The molecule has 4 heteroatoms. The van der Waals surface area contributed by atoms with Crippen molar-refractivity contribution in [2.75, 3.05) is 6.61 Å². The zero-order valence-corrected chi connectivity index (χ0v) is 9.53. The molecule has 2 aliphatic heterocycles. The van der Waals surface area contributed by atoms with Crippen molar-refractivity contribution in [1.29, 1.82) is 0 Å². The highest BCUT2D eigenvalue weighted by Crippen LogP contribution is 2.66. The lowest BCUT2D eigenvalue weighted by Crippen LogP contribution is -2.56. The molecule has 3 fully saturated rings. The van der Waals surface area contributed by atoms with Gasteiger partial charge in [0.2, 0.25) is 0 Å². The lowest BCUT2D eigenvalue weighted by molar-refractivity contribution is -0.209. The Morgan fingerprint density at radius 3 is 2.94 bits per heavy atom. The Morgan fingerprint density at radius 1 is 1.62 bits per heavy atom. The number of aliphatic hydroxyl groups excluding tert-OH is 1. The van der Waals surface area contributed by atoms with Gasteiger partial charge in [-0.05, 0) is 20.3 Å². The second-order valence-electron chi connectivity index (χ2n) is 5.34. The van der Waals surface area contributed by atoms with Gasteiger partial charge in [0, 0.05) is 6.42 Å². The molecule has 3 rings (SSSR count). The SMILES string of the molecule is CC(C)=CC[C@@]12C(=O)O[C@H]1C[C@]1(CO)O[C@@H]12. The quantitative estimate of drug-likeness (QED) is 0.437. The lowest BCUT2D eigenvalue weighted by Gasteiger charge is -2.42. The van der Waals surface area contributed by atoms with Crippen LogP contribution in [0.1, 0.15) is 26.7 Å². The van der Waals surface area contributed by atoms with E-state index in [2.05, 4.69) is 6.08 Å². The number of rotatable bonds is 3. The molecule has 0 aromatic heterocycles. The average molecular weight is 224 g/mol. The first-order chi connectivity index (χ1) is 7.55. The van der Waals surface area contributed by atoms with Gasteiger partial charge in [0.25, 0.3) is 0 Å². The smallest absolute Gasteiger partial charge is 0.319 e. The van der Waals surface area contributed by atoms with Gasteiger partial charge in [-0.3, -0.25) is 4.79 Å². The number of fused-ring (bicyclic) bond motifs is 3. The highest BCUT2D eigenvalue weighted by atomic mass is 16.7. The maximum atomic E-state index is 11.7. The van der Waals surface area contributed by atoms with E-state index < -0.39 is 11.0 Å². The summed E-state index contributed by atoms with van der Waals surface area (Å²) in [4.78, 5) is 11.7. The summed E-state index contributed by atoms with van der Waals surface area (Å²) in [6.07, 6.45) is 3.19. The predicted molar refractivity (Wildman–Crippen MR) is 55.7 cm³/mol. The van der Waals surface area contributed by atoms with E-state index in [0.717, 1.165) is 0 Å². The lowest BCUT2D eigenvalue weighted by atomic mass is 9.75. The summed E-state index contributed by atoms with van der Waals surface area (Å²) >= 11 is 0. The van der Waals surface area contributed by atoms with Gasteiger partial charge in [-0.25, -0.2) is 0 Å². The van der Waals surface area contributed by atoms with Crippen molar-refractivity contribution < 1.29 is 19.4 Å². The molecule has 88 valence electrons. The maximum Gasteiger partial charge on any atom is 0.319 e. The van der Waals surface area contributed by atoms with Crippen LogP contribution in [0.2, 0.25) is 0 Å². The molecule has 0 amide bonds. The van der Waals surface area contributed by atoms with E-state index >= 15 is 0 Å². The van der Waals surface area contributed by atoms with Crippen molar-refractivity contribution in [3.05, 3.63) is 11.6 Å². The van der Waals surface area contributed by atoms with Crippen molar-refractivity contribution in [3.63, 3.8) is 0 Å². The Kier molecular flexibility index (Phi) is 1.85. The Morgan fingerprint density at radius 2 is 2.38 bits per heavy atom. The van der Waals surface area contributed by atoms with E-state index in [1.165, 1.54) is 5.57 Å². The van der Waals surface area contributed by atoms with Crippen LogP contribution in [0.15, 0.2) is 11.6 Å². The molecule has 4 atom stereocenters. The number of epoxide rings is 1. The highest BCUT2D eigenvalue weighted by molar-refractivity contribution is 5.86. The normalized spacial score (nSPS) is 47.6. The van der Waals surface area contributed by atoms with Gasteiger partial charge in [-0.2, -0.15) is 0 Å². The third-order valence-electron chi connectivity index (χ3n) is 4.09. The summed E-state index contributed by atoms with van der Waals surface area (Å²) in [6.45, 7) is 4.01. The van der Waals surface area contributed by atoms with Gasteiger partial charge in [-0.15, -0.1) is 0 Å². The number of hydrogen-bond donors (Lipinski definition) is 1. The number of esters is 1. The Balaban J connectivity index is 1.87. The maximum absolute atomic E-state index is 11.7. The summed E-state index contributed by atoms with van der Waals surface area (Å²) in [5.74, 6) is -0.159. The Hall–Kier alpha value is -0.870. The number of ether oxygens (including phenoxy) is 2. The molecule has 1 saturated carbocycles. The van der Waals surface area contributed by atoms with Gasteiger partial charge in [0.15, 0.2) is 0 Å². The van der Waals surface area contributed by atoms with Crippen LogP contribution in [0.25, 0.3) is 0 Å². The van der Waals surface area contributed by atoms with Crippen LogP contribution in [-0.2, 0) is 14.3 Å². The van der Waals surface area contributed by atoms with Crippen LogP contribution >= 0.6 is 0 Å². The van der Waals surface area contributed by atoms with Gasteiger partial charge in [-0.1, -0.05) is 11.6 Å². The number of allylic oxidation sites excluding steroid dienone is 2. The fraction of sp³-hybridized carbons (Fsp3) is 0.750. The number of aliphatic hydroxyl groups is 1. The van der Waals surface area contributed by atoms with E-state index in [0.29, 0.717) is 12.8 Å². The molecular formula is C12H16O4. The van der Waals surface area contributed by atoms with Crippen molar-refractivity contribution in [3.8, 4) is 0 Å². The Bertz CT molecular complexity index is 384. The standard InChI is InChI=1S/C12H16O4/c1-7(2)3-4-12-8(15-10(12)14)5-11(6-13)9(12)16-11/h3,8-9,13H,4-6H2,1-2H3/t8-,9-,11+,12+/m0/s1. The molecule has 0 bridgehead atoms. The molecule has 0 radical (unpaired) electrons. The second-order valence-corrected chi connectivity index (χ2v) is 5.34. The first-order valence-electron chi connectivity index (χ1n) is 5.68. The van der Waals surface area contributed by atoms with Crippen LogP contribution in [-0.4, -0.2) is 35.5 Å². The van der Waals surface area contributed by atoms with Crippen LogP contribution in [0.4, 0.5) is 0 Å². The molecule has 0 unspecified atom stereocenters. The van der Waals surface area contributed by atoms with Gasteiger partial charge >= 0.3 is 5.97 Å². The molecule has 2 heterocycles. The molecule has 2 saturated heterocycles. The topological polar surface area (TPSA) is 59.1 Å². The molecule has 3 aliphatic rings. The fourth-order valence-corrected chi connectivity index (χ4v) is 3.04. The van der Waals surface area contributed by atoms with Crippen LogP contribution in [0, 0.1) is 5.41 Å². The first kappa shape index (κ1) is 10.3. The average Bonchev–Trinajstić information content (AvgIpc) is 2.88. The monoisotopic (exact) mass is 224 g/mol. The zero-order valence-electron chi connectivity index (χ0n) is 9.53. The fourth-order valence-electron chi connectivity index (χ4n) is 3.04. The third kappa shape index (κ3) is 0.992. The van der Waals surface area contributed by atoms with Gasteiger partial charge in [0.05, 0.1) is 6.61 Å². The van der Waals surface area contributed by atoms with Gasteiger partial charge < -0.3 is 14.6 Å². The Labute approximate surface area is 94.2 Å². The summed E-state index contributed by atoms with van der Waals surface area (Å²) in [5, 5.41) is 9.30. The molecule has 1 N–H and O–H groups in total. The van der Waals surface area contributed by atoms with Gasteiger partial charge in [0.1, 0.15) is 23.2 Å². The number of carbonyl (C=O) groups is 1. The zero-order chi connectivity index (χ0) is 11.6. The third-order valence-corrected chi connectivity index (χ3v) is 4.09. The van der Waals surface area contributed by atoms with Crippen LogP contribution in [0.3, 0.4) is 0 Å². The van der Waals surface area contributed by atoms with Crippen molar-refractivity contribution in [1.82, 2.24) is 0 Å². The van der Waals surface area contributed by atoms with E-state index in [4.69, 9.17) is 9.47 Å². The molecule has 0 spiro atoms. The van der Waals surface area contributed by atoms with Crippen LogP contribution < -0.4 is 0 Å². The van der Waals surface area contributed by atoms with E-state index in [1.807, 2.05) is 13.8 Å². The number of hydrogen-bond acceptors (Lipinski definition) is 4. The minimum Gasteiger partial charge on any atom is -0.460 e. The molecule has 0 aromatic carbocycles. The molecule has 16 heavy (non-hydrogen) atoms. The second kappa shape index (κ2) is 2.87. The summed E-state index contributed by atoms with van der Waals surface area (Å²) < 4.78 is 10.7. The largest absolute Gasteiger partial charge is 0.460 e. The predicted octanol–water partition coefficient (Wildman–Crippen LogP) is 0.788. The summed E-state index contributed by atoms with van der Waals surface area (Å²) in [7, 11) is 0. The van der Waals surface area contributed by atoms with Crippen molar-refractivity contribution >= 4 is 5.97 Å². The molecular weight excluding hydrogens is 208 g/mol. The summed E-state index contributed by atoms with van der Waals surface area (Å²) in [5.41, 5.74) is 0.210. The van der Waals surface area contributed by atoms with Crippen molar-refractivity contribution in [2.45, 2.75) is 44.5 Å². The van der Waals surface area contributed by atoms with E-state index in [-0.39, 0.29) is 24.8 Å². The molecule has 1 aliphatic carbocycles. The molecule has 4 nitrogen and oxygen atoms in total. The molecule has 0 aromatic rings. The number of carbonyl (C=O) groups excluding carboxylic acids is 1. The minimum atomic E-state index is -0.500.